The van der Waals surface area contributed by atoms with E-state index in [1.54, 1.807) is 19.2 Å². The highest BCUT2D eigenvalue weighted by Gasteiger charge is 2.43. The van der Waals surface area contributed by atoms with E-state index in [1.165, 1.54) is 12.7 Å². The third kappa shape index (κ3) is 7.15. The van der Waals surface area contributed by atoms with Crippen LogP contribution in [-0.4, -0.2) is 80.6 Å². The molecular weight excluding hydrogens is 570 g/mol. The molecule has 3 aromatic rings. The smallest absolute Gasteiger partial charge is 0.224 e. The molecule has 0 radical (unpaired) electrons. The zero-order chi connectivity index (χ0) is 29.8. The summed E-state index contributed by atoms with van der Waals surface area (Å²) in [7, 11) is 1.63. The SMILES string of the molecule is COc1cc2c(Nc3ccc(NC(=O)CC(C)CC4COC4)c(Cl)c3)ncnc2cc1OCCCN1CCC2(COC2)C1. The van der Waals surface area contributed by atoms with Crippen molar-refractivity contribution in [1.29, 1.82) is 0 Å². The number of anilines is 3. The van der Waals surface area contributed by atoms with E-state index >= 15 is 0 Å². The number of nitrogens with zero attached hydrogens (tertiary/aromatic N) is 3. The first-order valence-electron chi connectivity index (χ1n) is 15.1. The summed E-state index contributed by atoms with van der Waals surface area (Å²) in [6.07, 6.45) is 5.11. The highest BCUT2D eigenvalue weighted by Crippen LogP contribution is 2.38. The Labute approximate surface area is 257 Å². The first-order chi connectivity index (χ1) is 20.9. The van der Waals surface area contributed by atoms with Gasteiger partial charge in [-0.3, -0.25) is 4.79 Å². The number of ether oxygens (including phenoxy) is 4. The molecular formula is C32H40ClN5O5. The number of amides is 1. The Kier molecular flexibility index (Phi) is 9.18. The van der Waals surface area contributed by atoms with Gasteiger partial charge in [0, 0.05) is 48.0 Å². The molecule has 230 valence electrons. The molecule has 3 fully saturated rings. The number of fused-ring (bicyclic) bond motifs is 1. The fourth-order valence-electron chi connectivity index (χ4n) is 6.17. The van der Waals surface area contributed by atoms with Gasteiger partial charge in [-0.15, -0.1) is 0 Å². The number of hydrogen-bond donors (Lipinski definition) is 2. The molecule has 0 bridgehead atoms. The third-order valence-electron chi connectivity index (χ3n) is 8.61. The Hall–Kier alpha value is -3.18. The third-order valence-corrected chi connectivity index (χ3v) is 8.93. The molecule has 1 spiro atoms. The highest BCUT2D eigenvalue weighted by molar-refractivity contribution is 6.34. The molecule has 1 amide bonds. The van der Waals surface area contributed by atoms with Crippen molar-refractivity contribution in [2.75, 3.05) is 70.4 Å². The Bertz CT molecular complexity index is 1450. The molecule has 2 N–H and O–H groups in total. The van der Waals surface area contributed by atoms with Gasteiger partial charge < -0.3 is 34.5 Å². The lowest BCUT2D eigenvalue weighted by Gasteiger charge is -2.37. The van der Waals surface area contributed by atoms with Gasteiger partial charge in [0.1, 0.15) is 12.1 Å². The Morgan fingerprint density at radius 3 is 2.74 bits per heavy atom. The molecule has 3 aliphatic heterocycles. The molecule has 3 saturated heterocycles. The second-order valence-electron chi connectivity index (χ2n) is 12.3. The van der Waals surface area contributed by atoms with Crippen molar-refractivity contribution in [3.8, 4) is 11.5 Å². The Morgan fingerprint density at radius 1 is 1.19 bits per heavy atom. The summed E-state index contributed by atoms with van der Waals surface area (Å²) in [5.74, 6) is 2.69. The maximum Gasteiger partial charge on any atom is 0.224 e. The van der Waals surface area contributed by atoms with Crippen molar-refractivity contribution in [2.45, 2.75) is 32.6 Å². The van der Waals surface area contributed by atoms with Gasteiger partial charge in [0.25, 0.3) is 0 Å². The summed E-state index contributed by atoms with van der Waals surface area (Å²) in [6.45, 7) is 9.35. The van der Waals surface area contributed by atoms with Crippen LogP contribution in [0.1, 0.15) is 32.6 Å². The van der Waals surface area contributed by atoms with Gasteiger partial charge in [-0.2, -0.15) is 0 Å². The zero-order valence-corrected chi connectivity index (χ0v) is 25.6. The molecule has 3 aliphatic rings. The van der Waals surface area contributed by atoms with Crippen molar-refractivity contribution >= 4 is 45.6 Å². The largest absolute Gasteiger partial charge is 0.493 e. The van der Waals surface area contributed by atoms with Gasteiger partial charge in [-0.05, 0) is 56.0 Å². The summed E-state index contributed by atoms with van der Waals surface area (Å²) >= 11 is 6.56. The topological polar surface area (TPSA) is 107 Å². The van der Waals surface area contributed by atoms with Crippen LogP contribution in [0.2, 0.25) is 5.02 Å². The average molecular weight is 610 g/mol. The van der Waals surface area contributed by atoms with Crippen molar-refractivity contribution in [2.24, 2.45) is 17.3 Å². The maximum atomic E-state index is 12.6. The summed E-state index contributed by atoms with van der Waals surface area (Å²) in [4.78, 5) is 24.0. The van der Waals surface area contributed by atoms with Crippen molar-refractivity contribution in [1.82, 2.24) is 14.9 Å². The molecule has 10 nitrogen and oxygen atoms in total. The summed E-state index contributed by atoms with van der Waals surface area (Å²) in [5, 5.41) is 7.51. The number of rotatable bonds is 13. The van der Waals surface area contributed by atoms with E-state index in [9.17, 15) is 4.79 Å². The van der Waals surface area contributed by atoms with Crippen LogP contribution >= 0.6 is 11.6 Å². The van der Waals surface area contributed by atoms with Crippen LogP contribution in [-0.2, 0) is 14.3 Å². The van der Waals surface area contributed by atoms with Gasteiger partial charge in [0.05, 0.1) is 56.4 Å². The van der Waals surface area contributed by atoms with Gasteiger partial charge in [-0.1, -0.05) is 18.5 Å². The van der Waals surface area contributed by atoms with Crippen molar-refractivity contribution < 1.29 is 23.7 Å². The fraction of sp³-hybridized carbons (Fsp3) is 0.531. The van der Waals surface area contributed by atoms with E-state index in [0.29, 0.717) is 52.4 Å². The number of benzene rings is 2. The second-order valence-corrected chi connectivity index (χ2v) is 12.7. The molecule has 1 aromatic heterocycles. The minimum Gasteiger partial charge on any atom is -0.493 e. The number of methoxy groups -OCH3 is 1. The normalized spacial score (nSPS) is 18.7. The predicted octanol–water partition coefficient (Wildman–Crippen LogP) is 5.53. The minimum atomic E-state index is -0.0459. The quantitative estimate of drug-likeness (QED) is 0.242. The highest BCUT2D eigenvalue weighted by atomic mass is 35.5. The maximum absolute atomic E-state index is 12.6. The summed E-state index contributed by atoms with van der Waals surface area (Å²) < 4.78 is 22.5. The van der Waals surface area contributed by atoms with Gasteiger partial charge in [0.2, 0.25) is 5.91 Å². The molecule has 4 heterocycles. The Morgan fingerprint density at radius 2 is 2.05 bits per heavy atom. The van der Waals surface area contributed by atoms with Crippen LogP contribution in [0.3, 0.4) is 0 Å². The molecule has 6 rings (SSSR count). The van der Waals surface area contributed by atoms with Gasteiger partial charge in [0.15, 0.2) is 11.5 Å². The molecule has 1 unspecified atom stereocenters. The number of carbonyl (C=O) groups excluding carboxylic acids is 1. The Balaban J connectivity index is 1.06. The van der Waals surface area contributed by atoms with E-state index in [2.05, 4.69) is 32.4 Å². The average Bonchev–Trinajstić information content (AvgIpc) is 3.40. The van der Waals surface area contributed by atoms with Crippen molar-refractivity contribution in [3.63, 3.8) is 0 Å². The molecule has 0 saturated carbocycles. The van der Waals surface area contributed by atoms with Gasteiger partial charge >= 0.3 is 0 Å². The molecule has 0 aliphatic carbocycles. The first-order valence-corrected chi connectivity index (χ1v) is 15.5. The summed E-state index contributed by atoms with van der Waals surface area (Å²) in [5.41, 5.74) is 2.45. The molecule has 43 heavy (non-hydrogen) atoms. The molecule has 2 aromatic carbocycles. The van der Waals surface area contributed by atoms with Crippen LogP contribution in [0, 0.1) is 17.3 Å². The number of halogens is 1. The molecule has 1 atom stereocenters. The van der Waals surface area contributed by atoms with Gasteiger partial charge in [-0.25, -0.2) is 9.97 Å². The van der Waals surface area contributed by atoms with E-state index < -0.39 is 0 Å². The lowest BCUT2D eigenvalue weighted by molar-refractivity contribution is -0.117. The van der Waals surface area contributed by atoms with E-state index in [1.807, 2.05) is 18.2 Å². The lowest BCUT2D eigenvalue weighted by atomic mass is 9.85. The van der Waals surface area contributed by atoms with E-state index in [-0.39, 0.29) is 11.8 Å². The van der Waals surface area contributed by atoms with Crippen LogP contribution < -0.4 is 20.1 Å². The minimum absolute atomic E-state index is 0.0459. The number of carbonyl (C=O) groups is 1. The number of likely N-dealkylation sites (tertiary alicyclic amines) is 1. The van der Waals surface area contributed by atoms with Crippen molar-refractivity contribution in [3.05, 3.63) is 41.7 Å². The number of hydrogen-bond acceptors (Lipinski definition) is 9. The summed E-state index contributed by atoms with van der Waals surface area (Å²) in [6, 6.07) is 9.21. The second kappa shape index (κ2) is 13.2. The number of aromatic nitrogens is 2. The fourth-order valence-corrected chi connectivity index (χ4v) is 6.40. The van der Waals surface area contributed by atoms with E-state index in [4.69, 9.17) is 30.5 Å². The van der Waals surface area contributed by atoms with Crippen LogP contribution in [0.5, 0.6) is 11.5 Å². The first kappa shape index (κ1) is 29.9. The zero-order valence-electron chi connectivity index (χ0n) is 24.9. The van der Waals surface area contributed by atoms with Crippen LogP contribution in [0.15, 0.2) is 36.7 Å². The monoisotopic (exact) mass is 609 g/mol. The standard InChI is InChI=1S/C32H40ClN5O5/c1-21(10-22-15-41-16-22)11-30(39)37-26-5-4-23(12-25(26)33)36-31-24-13-28(40-2)29(14-27(24)34-20-35-31)43-9-3-7-38-8-6-32(17-38)18-42-19-32/h4-5,12-14,20-22H,3,6-11,15-19H2,1-2H3,(H,37,39)(H,34,35,36). The molecule has 11 heteroatoms. The predicted molar refractivity (Wildman–Crippen MR) is 167 cm³/mol. The van der Waals surface area contributed by atoms with Crippen LogP contribution in [0.4, 0.5) is 17.2 Å². The van der Waals surface area contributed by atoms with Crippen LogP contribution in [0.25, 0.3) is 10.9 Å². The lowest BCUT2D eigenvalue weighted by Crippen LogP contribution is -2.44. The number of nitrogens with one attached hydrogen (secondary N) is 2. The van der Waals surface area contributed by atoms with E-state index in [0.717, 1.165) is 75.5 Å².